The van der Waals surface area contributed by atoms with Crippen LogP contribution in [0.1, 0.15) is 31.7 Å². The number of nitrogens with two attached hydrogens (primary N) is 1. The summed E-state index contributed by atoms with van der Waals surface area (Å²) in [5.41, 5.74) is 7.02. The Balaban J connectivity index is 1.69. The van der Waals surface area contributed by atoms with Crippen LogP contribution in [0.2, 0.25) is 5.02 Å². The van der Waals surface area contributed by atoms with E-state index in [0.29, 0.717) is 29.6 Å². The molecule has 0 aliphatic heterocycles. The summed E-state index contributed by atoms with van der Waals surface area (Å²) >= 11 is 6.55. The van der Waals surface area contributed by atoms with Crippen LogP contribution in [-0.4, -0.2) is 43.4 Å². The summed E-state index contributed by atoms with van der Waals surface area (Å²) in [6, 6.07) is 11.5. The maximum atomic E-state index is 11.9. The normalized spacial score (nSPS) is 19.5. The standard InChI is InChI=1S/C23H29ClN6O3S/c1-14-10-16(14)13-30(3)18-11-17(19(24)20(26-18)29-34(4,31)32)21-27-28-22(33-21)23(2,25)12-15-8-6-5-7-9-15/h5-9,11,14,16H,10,12-13,25H2,1-4H3,(H,26,29)/t14?,16?,23-/m1/s1. The molecule has 2 unspecified atom stereocenters. The van der Waals surface area contributed by atoms with Gasteiger partial charge in [-0.25, -0.2) is 13.4 Å². The van der Waals surface area contributed by atoms with Crippen LogP contribution in [0.5, 0.6) is 0 Å². The predicted molar refractivity (Wildman–Crippen MR) is 133 cm³/mol. The molecule has 1 aromatic carbocycles. The molecule has 1 aliphatic rings. The lowest BCUT2D eigenvalue weighted by Gasteiger charge is -2.21. The minimum atomic E-state index is -3.62. The first kappa shape index (κ1) is 24.4. The van der Waals surface area contributed by atoms with E-state index in [0.717, 1.165) is 24.8 Å². The van der Waals surface area contributed by atoms with E-state index in [-0.39, 0.29) is 22.6 Å². The van der Waals surface area contributed by atoms with Gasteiger partial charge in [0.1, 0.15) is 5.82 Å². The molecule has 3 N–H and O–H groups in total. The second-order valence-electron chi connectivity index (χ2n) is 9.41. The molecule has 11 heteroatoms. The van der Waals surface area contributed by atoms with Gasteiger partial charge < -0.3 is 15.1 Å². The Morgan fingerprint density at radius 1 is 1.29 bits per heavy atom. The molecule has 2 heterocycles. The van der Waals surface area contributed by atoms with Crippen molar-refractivity contribution in [2.24, 2.45) is 17.6 Å². The van der Waals surface area contributed by atoms with Gasteiger partial charge in [-0.3, -0.25) is 4.72 Å². The molecule has 0 bridgehead atoms. The molecule has 0 saturated heterocycles. The zero-order chi connectivity index (χ0) is 24.7. The lowest BCUT2D eigenvalue weighted by molar-refractivity contribution is 0.355. The summed E-state index contributed by atoms with van der Waals surface area (Å²) in [5, 5.41) is 8.42. The zero-order valence-corrected chi connectivity index (χ0v) is 21.2. The van der Waals surface area contributed by atoms with Crippen molar-refractivity contribution in [1.29, 1.82) is 0 Å². The van der Waals surface area contributed by atoms with Crippen molar-refractivity contribution in [1.82, 2.24) is 15.2 Å². The quantitative estimate of drug-likeness (QED) is 0.452. The van der Waals surface area contributed by atoms with Gasteiger partial charge in [0, 0.05) is 13.6 Å². The molecule has 3 aromatic rings. The van der Waals surface area contributed by atoms with E-state index in [1.54, 1.807) is 6.07 Å². The molecular formula is C23H29ClN6O3S. The maximum Gasteiger partial charge on any atom is 0.249 e. The number of halogens is 1. The van der Waals surface area contributed by atoms with Crippen molar-refractivity contribution < 1.29 is 12.8 Å². The van der Waals surface area contributed by atoms with Crippen LogP contribution in [0, 0.1) is 11.8 Å². The Kier molecular flexibility index (Phi) is 6.58. The van der Waals surface area contributed by atoms with Crippen LogP contribution in [0.4, 0.5) is 11.6 Å². The number of hydrogen-bond acceptors (Lipinski definition) is 8. The highest BCUT2D eigenvalue weighted by molar-refractivity contribution is 7.92. The lowest BCUT2D eigenvalue weighted by Crippen LogP contribution is -2.35. The molecule has 4 rings (SSSR count). The van der Waals surface area contributed by atoms with Gasteiger partial charge in [0.05, 0.1) is 22.4 Å². The van der Waals surface area contributed by atoms with Crippen LogP contribution in [0.15, 0.2) is 40.8 Å². The third-order valence-electron chi connectivity index (χ3n) is 5.96. The molecule has 1 fully saturated rings. The van der Waals surface area contributed by atoms with Gasteiger partial charge in [0.2, 0.25) is 21.8 Å². The molecule has 2 aromatic heterocycles. The van der Waals surface area contributed by atoms with E-state index >= 15 is 0 Å². The molecule has 3 atom stereocenters. The third-order valence-corrected chi connectivity index (χ3v) is 6.91. The molecule has 34 heavy (non-hydrogen) atoms. The second-order valence-corrected chi connectivity index (χ2v) is 11.5. The van der Waals surface area contributed by atoms with Gasteiger partial charge in [0.25, 0.3) is 0 Å². The molecule has 0 spiro atoms. The maximum absolute atomic E-state index is 11.9. The van der Waals surface area contributed by atoms with Gasteiger partial charge in [0.15, 0.2) is 5.82 Å². The second kappa shape index (κ2) is 9.16. The Hall–Kier alpha value is -2.69. The molecule has 1 saturated carbocycles. The number of pyridine rings is 1. The molecule has 1 aliphatic carbocycles. The minimum absolute atomic E-state index is 0.00640. The van der Waals surface area contributed by atoms with Gasteiger partial charge in [-0.05, 0) is 43.2 Å². The Morgan fingerprint density at radius 2 is 1.97 bits per heavy atom. The number of nitrogens with one attached hydrogen (secondary N) is 1. The molecule has 9 nitrogen and oxygen atoms in total. The average molecular weight is 505 g/mol. The van der Waals surface area contributed by atoms with Crippen molar-refractivity contribution in [3.8, 4) is 11.5 Å². The highest BCUT2D eigenvalue weighted by Gasteiger charge is 2.34. The number of aromatic nitrogens is 3. The van der Waals surface area contributed by atoms with Gasteiger partial charge in [-0.15, -0.1) is 10.2 Å². The van der Waals surface area contributed by atoms with Crippen molar-refractivity contribution in [3.63, 3.8) is 0 Å². The van der Waals surface area contributed by atoms with Gasteiger partial charge in [-0.2, -0.15) is 0 Å². The topological polar surface area (TPSA) is 127 Å². The summed E-state index contributed by atoms with van der Waals surface area (Å²) in [4.78, 5) is 6.42. The SMILES string of the molecule is CC1CC1CN(C)c1cc(-c2nnc([C@](C)(N)Cc3ccccc3)o2)c(Cl)c(NS(C)(=O)=O)n1. The Morgan fingerprint density at radius 3 is 2.59 bits per heavy atom. The number of hydrogen-bond donors (Lipinski definition) is 2. The van der Waals surface area contributed by atoms with Crippen LogP contribution in [0.3, 0.4) is 0 Å². The fourth-order valence-electron chi connectivity index (χ4n) is 3.87. The average Bonchev–Trinajstić information content (AvgIpc) is 3.22. The van der Waals surface area contributed by atoms with Crippen molar-refractivity contribution in [2.45, 2.75) is 32.2 Å². The van der Waals surface area contributed by atoms with Crippen LogP contribution < -0.4 is 15.4 Å². The molecule has 0 radical (unpaired) electrons. The predicted octanol–water partition coefficient (Wildman–Crippen LogP) is 3.67. The van der Waals surface area contributed by atoms with Gasteiger partial charge in [-0.1, -0.05) is 48.9 Å². The summed E-state index contributed by atoms with van der Waals surface area (Å²) in [6.07, 6.45) is 2.69. The van der Waals surface area contributed by atoms with E-state index in [1.165, 1.54) is 0 Å². The van der Waals surface area contributed by atoms with Crippen molar-refractivity contribution in [3.05, 3.63) is 52.9 Å². The van der Waals surface area contributed by atoms with Crippen LogP contribution in [-0.2, 0) is 22.0 Å². The van der Waals surface area contributed by atoms with Gasteiger partial charge >= 0.3 is 0 Å². The smallest absolute Gasteiger partial charge is 0.249 e. The van der Waals surface area contributed by atoms with E-state index < -0.39 is 15.6 Å². The highest BCUT2D eigenvalue weighted by Crippen LogP contribution is 2.40. The minimum Gasteiger partial charge on any atom is -0.419 e. The van der Waals surface area contributed by atoms with Crippen LogP contribution >= 0.6 is 11.6 Å². The molecular weight excluding hydrogens is 476 g/mol. The molecule has 182 valence electrons. The Bertz CT molecular complexity index is 1280. The number of rotatable bonds is 9. The number of sulfonamides is 1. The lowest BCUT2D eigenvalue weighted by atomic mass is 9.94. The highest BCUT2D eigenvalue weighted by atomic mass is 35.5. The Labute approximate surface area is 204 Å². The number of benzene rings is 1. The number of anilines is 2. The summed E-state index contributed by atoms with van der Waals surface area (Å²) in [6.45, 7) is 4.81. The van der Waals surface area contributed by atoms with Crippen molar-refractivity contribution in [2.75, 3.05) is 29.5 Å². The summed E-state index contributed by atoms with van der Waals surface area (Å²) in [5.74, 6) is 2.17. The van der Waals surface area contributed by atoms with Crippen LogP contribution in [0.25, 0.3) is 11.5 Å². The largest absolute Gasteiger partial charge is 0.419 e. The van der Waals surface area contributed by atoms with E-state index in [1.807, 2.05) is 49.2 Å². The van der Waals surface area contributed by atoms with E-state index in [2.05, 4.69) is 26.8 Å². The first-order chi connectivity index (χ1) is 15.9. The van der Waals surface area contributed by atoms with E-state index in [4.69, 9.17) is 21.8 Å². The summed E-state index contributed by atoms with van der Waals surface area (Å²) < 4.78 is 32.2. The van der Waals surface area contributed by atoms with Crippen molar-refractivity contribution >= 4 is 33.3 Å². The fourth-order valence-corrected chi connectivity index (χ4v) is 4.65. The number of nitrogens with zero attached hydrogens (tertiary/aromatic N) is 4. The first-order valence-electron chi connectivity index (χ1n) is 11.0. The molecule has 0 amide bonds. The third kappa shape index (κ3) is 5.68. The fraction of sp³-hybridized carbons (Fsp3) is 0.435. The first-order valence-corrected chi connectivity index (χ1v) is 13.3. The van der Waals surface area contributed by atoms with E-state index in [9.17, 15) is 8.42 Å². The summed E-state index contributed by atoms with van der Waals surface area (Å²) in [7, 11) is -1.71. The monoisotopic (exact) mass is 504 g/mol. The zero-order valence-electron chi connectivity index (χ0n) is 19.6.